The van der Waals surface area contributed by atoms with Gasteiger partial charge in [0.25, 0.3) is 0 Å². The van der Waals surface area contributed by atoms with Gasteiger partial charge in [0.1, 0.15) is 0 Å². The van der Waals surface area contributed by atoms with Gasteiger partial charge in [0.05, 0.1) is 12.8 Å². The molecule has 2 atom stereocenters. The van der Waals surface area contributed by atoms with Gasteiger partial charge >= 0.3 is 5.97 Å². The molecule has 1 saturated carbocycles. The van der Waals surface area contributed by atoms with Gasteiger partial charge < -0.3 is 14.6 Å². The first kappa shape index (κ1) is 18.5. The molecule has 0 aromatic heterocycles. The number of rotatable bonds is 9. The molecule has 1 aliphatic rings. The molecule has 0 aromatic carbocycles. The summed E-state index contributed by atoms with van der Waals surface area (Å²) in [6.07, 6.45) is 5.35. The predicted molar refractivity (Wildman–Crippen MR) is 80.6 cm³/mol. The third kappa shape index (κ3) is 4.48. The second kappa shape index (κ2) is 9.50. The van der Waals surface area contributed by atoms with Crippen molar-refractivity contribution in [3.63, 3.8) is 0 Å². The minimum Gasteiger partial charge on any atom is -0.464 e. The topological polar surface area (TPSA) is 72.8 Å². The highest BCUT2D eigenvalue weighted by Gasteiger charge is 2.51. The van der Waals surface area contributed by atoms with Crippen molar-refractivity contribution < 1.29 is 23.9 Å². The summed E-state index contributed by atoms with van der Waals surface area (Å²) in [5.74, 6) is -0.653. The molecule has 1 fully saturated rings. The van der Waals surface area contributed by atoms with E-state index < -0.39 is 11.6 Å². The quantitative estimate of drug-likeness (QED) is 0.523. The lowest BCUT2D eigenvalue weighted by atomic mass is 9.72. The first-order chi connectivity index (χ1) is 10.2. The van der Waals surface area contributed by atoms with Crippen molar-refractivity contribution in [3.05, 3.63) is 0 Å². The molecule has 0 bridgehead atoms. The maximum absolute atomic E-state index is 12.5. The summed E-state index contributed by atoms with van der Waals surface area (Å²) in [4.78, 5) is 12.5. The van der Waals surface area contributed by atoms with Crippen LogP contribution in [-0.2, 0) is 18.8 Å². The molecule has 0 spiro atoms. The van der Waals surface area contributed by atoms with Crippen molar-refractivity contribution in [3.8, 4) is 0 Å². The Bertz CT molecular complexity index is 330. The SMILES string of the molecule is CCOC(=O)C(CP=O)(OCC)C(CO)C1CCCCC1. The molecule has 6 heteroatoms. The van der Waals surface area contributed by atoms with Crippen molar-refractivity contribution in [2.24, 2.45) is 11.8 Å². The van der Waals surface area contributed by atoms with Gasteiger partial charge in [0.2, 0.25) is 0 Å². The van der Waals surface area contributed by atoms with Gasteiger partial charge in [-0.05, 0) is 32.6 Å². The van der Waals surface area contributed by atoms with E-state index in [-0.39, 0.29) is 39.7 Å². The fourth-order valence-electron chi connectivity index (χ4n) is 3.37. The van der Waals surface area contributed by atoms with Crippen LogP contribution in [-0.4, -0.2) is 42.7 Å². The molecule has 0 saturated heterocycles. The van der Waals surface area contributed by atoms with Gasteiger partial charge in [-0.2, -0.15) is 0 Å². The largest absolute Gasteiger partial charge is 0.464 e. The van der Waals surface area contributed by atoms with Gasteiger partial charge in [0, 0.05) is 19.1 Å². The molecule has 1 rings (SSSR count). The molecule has 122 valence electrons. The Morgan fingerprint density at radius 3 is 2.43 bits per heavy atom. The van der Waals surface area contributed by atoms with Gasteiger partial charge in [0.15, 0.2) is 14.1 Å². The highest BCUT2D eigenvalue weighted by atomic mass is 31.1. The van der Waals surface area contributed by atoms with Gasteiger partial charge in [-0.25, -0.2) is 4.79 Å². The molecule has 21 heavy (non-hydrogen) atoms. The lowest BCUT2D eigenvalue weighted by Gasteiger charge is -2.41. The molecule has 0 heterocycles. The summed E-state index contributed by atoms with van der Waals surface area (Å²) in [5, 5.41) is 9.89. The summed E-state index contributed by atoms with van der Waals surface area (Å²) in [7, 11) is -0.169. The molecule has 0 amide bonds. The zero-order valence-corrected chi connectivity index (χ0v) is 13.9. The maximum atomic E-state index is 12.5. The van der Waals surface area contributed by atoms with Crippen LogP contribution in [0, 0.1) is 11.8 Å². The van der Waals surface area contributed by atoms with Crippen LogP contribution in [0.1, 0.15) is 46.0 Å². The number of carbonyl (C=O) groups excluding carboxylic acids is 1. The van der Waals surface area contributed by atoms with Crippen molar-refractivity contribution in [1.82, 2.24) is 0 Å². The summed E-state index contributed by atoms with van der Waals surface area (Å²) in [5.41, 5.74) is -1.30. The molecule has 5 nitrogen and oxygen atoms in total. The third-order valence-corrected chi connectivity index (χ3v) is 4.94. The average Bonchev–Trinajstić information content (AvgIpc) is 2.49. The molecule has 2 unspecified atom stereocenters. The molecular formula is C15H27O5P. The third-order valence-electron chi connectivity index (χ3n) is 4.34. The summed E-state index contributed by atoms with van der Waals surface area (Å²) in [6, 6.07) is 0. The molecular weight excluding hydrogens is 291 g/mol. The Hall–Kier alpha value is -0.510. The number of esters is 1. The Kier molecular flexibility index (Phi) is 8.38. The molecule has 1 N–H and O–H groups in total. The van der Waals surface area contributed by atoms with E-state index in [0.717, 1.165) is 25.7 Å². The maximum Gasteiger partial charge on any atom is 0.339 e. The molecule has 0 aromatic rings. The van der Waals surface area contributed by atoms with Crippen LogP contribution in [0.2, 0.25) is 0 Å². The van der Waals surface area contributed by atoms with Crippen LogP contribution >= 0.6 is 8.46 Å². The summed E-state index contributed by atoms with van der Waals surface area (Å²) in [6.45, 7) is 3.94. The van der Waals surface area contributed by atoms with E-state index in [1.807, 2.05) is 0 Å². The zero-order chi connectivity index (χ0) is 15.7. The van der Waals surface area contributed by atoms with E-state index in [0.29, 0.717) is 6.61 Å². The van der Waals surface area contributed by atoms with E-state index in [9.17, 15) is 14.5 Å². The smallest absolute Gasteiger partial charge is 0.339 e. The van der Waals surface area contributed by atoms with Crippen LogP contribution in [0.4, 0.5) is 0 Å². The van der Waals surface area contributed by atoms with Crippen LogP contribution in [0.15, 0.2) is 0 Å². The first-order valence-electron chi connectivity index (χ1n) is 7.87. The van der Waals surface area contributed by atoms with Crippen molar-refractivity contribution in [2.45, 2.75) is 51.6 Å². The minimum atomic E-state index is -1.30. The normalized spacial score (nSPS) is 20.9. The number of hydrogen-bond donors (Lipinski definition) is 1. The average molecular weight is 318 g/mol. The van der Waals surface area contributed by atoms with Gasteiger partial charge in [-0.1, -0.05) is 19.3 Å². The van der Waals surface area contributed by atoms with Crippen molar-refractivity contribution in [1.29, 1.82) is 0 Å². The van der Waals surface area contributed by atoms with E-state index in [4.69, 9.17) is 9.47 Å². The fourth-order valence-corrected chi connectivity index (χ4v) is 4.01. The summed E-state index contributed by atoms with van der Waals surface area (Å²) < 4.78 is 22.2. The van der Waals surface area contributed by atoms with Crippen molar-refractivity contribution in [2.75, 3.05) is 26.0 Å². The Morgan fingerprint density at radius 2 is 1.95 bits per heavy atom. The van der Waals surface area contributed by atoms with Crippen LogP contribution in [0.5, 0.6) is 0 Å². The van der Waals surface area contributed by atoms with Crippen LogP contribution < -0.4 is 0 Å². The van der Waals surface area contributed by atoms with E-state index in [2.05, 4.69) is 0 Å². The predicted octanol–water partition coefficient (Wildman–Crippen LogP) is 2.81. The molecule has 1 aliphatic carbocycles. The lowest BCUT2D eigenvalue weighted by molar-refractivity contribution is -0.183. The van der Waals surface area contributed by atoms with Crippen LogP contribution in [0.3, 0.4) is 0 Å². The van der Waals surface area contributed by atoms with E-state index >= 15 is 0 Å². The Morgan fingerprint density at radius 1 is 1.29 bits per heavy atom. The monoisotopic (exact) mass is 318 g/mol. The van der Waals surface area contributed by atoms with E-state index in [1.54, 1.807) is 13.8 Å². The second-order valence-corrected chi connectivity index (χ2v) is 6.09. The Balaban J connectivity index is 3.08. The highest BCUT2D eigenvalue weighted by Crippen LogP contribution is 2.39. The number of carbonyl (C=O) groups is 1. The van der Waals surface area contributed by atoms with Crippen LogP contribution in [0.25, 0.3) is 0 Å². The Labute approximate surface area is 128 Å². The highest BCUT2D eigenvalue weighted by molar-refractivity contribution is 7.23. The summed E-state index contributed by atoms with van der Waals surface area (Å²) >= 11 is 0. The van der Waals surface area contributed by atoms with Gasteiger partial charge in [-0.15, -0.1) is 0 Å². The second-order valence-electron chi connectivity index (χ2n) is 5.52. The standard InChI is InChI=1S/C15H27O5P/c1-3-19-14(17)15(11-21-18,20-4-2)13(10-16)12-8-6-5-7-9-12/h12-13,16H,3-11H2,1-2H3. The number of aliphatic hydroxyl groups excluding tert-OH is 1. The zero-order valence-electron chi connectivity index (χ0n) is 13.0. The fraction of sp³-hybridized carbons (Fsp3) is 0.933. The number of ether oxygens (including phenoxy) is 2. The number of hydrogen-bond acceptors (Lipinski definition) is 5. The van der Waals surface area contributed by atoms with Gasteiger partial charge in [-0.3, -0.25) is 4.57 Å². The number of aliphatic hydroxyl groups is 1. The first-order valence-corrected chi connectivity index (χ1v) is 8.87. The minimum absolute atomic E-state index is 0.0292. The molecule has 0 aliphatic heterocycles. The molecule has 0 radical (unpaired) electrons. The lowest BCUT2D eigenvalue weighted by Crippen LogP contribution is -2.55. The van der Waals surface area contributed by atoms with E-state index in [1.165, 1.54) is 6.42 Å². The van der Waals surface area contributed by atoms with Crippen molar-refractivity contribution >= 4 is 14.4 Å².